The molecule has 0 saturated heterocycles. The molecule has 0 aromatic heterocycles. The summed E-state index contributed by atoms with van der Waals surface area (Å²) in [6, 6.07) is 15.0. The zero-order chi connectivity index (χ0) is 21.6. The molecule has 2 rings (SSSR count). The Morgan fingerprint density at radius 2 is 1.10 bits per heavy atom. The molecule has 0 saturated carbocycles. The summed E-state index contributed by atoms with van der Waals surface area (Å²) in [5.41, 5.74) is 1.69. The molecule has 164 valence electrons. The molecule has 0 N–H and O–H groups in total. The summed E-state index contributed by atoms with van der Waals surface area (Å²) in [6.07, 6.45) is 0. The fourth-order valence-electron chi connectivity index (χ4n) is 2.93. The van der Waals surface area contributed by atoms with E-state index in [4.69, 9.17) is 23.7 Å². The van der Waals surface area contributed by atoms with Crippen LogP contribution in [0.5, 0.6) is 11.5 Å². The Hall–Kier alpha value is -2.57. The molecular formula is C24H32O6. The van der Waals surface area contributed by atoms with Crippen molar-refractivity contribution in [3.05, 3.63) is 59.7 Å². The molecule has 6 heteroatoms. The van der Waals surface area contributed by atoms with Crippen molar-refractivity contribution in [2.45, 2.75) is 26.7 Å². The van der Waals surface area contributed by atoms with Crippen LogP contribution in [0.2, 0.25) is 0 Å². The first-order chi connectivity index (χ1) is 14.7. The lowest BCUT2D eigenvalue weighted by molar-refractivity contribution is -0.143. The molecule has 0 spiro atoms. The lowest BCUT2D eigenvalue weighted by Crippen LogP contribution is -2.17. The average molecular weight is 417 g/mol. The SMILES string of the molecule is CCOCCOc1ccc(C(C(=O)OCC)c2ccc(OCCOCC)cc2)cc1. The Labute approximate surface area is 179 Å². The smallest absolute Gasteiger partial charge is 0.317 e. The van der Waals surface area contributed by atoms with Crippen LogP contribution in [0.4, 0.5) is 0 Å². The molecular weight excluding hydrogens is 384 g/mol. The number of carbonyl (C=O) groups is 1. The summed E-state index contributed by atoms with van der Waals surface area (Å²) < 4.78 is 27.2. The fourth-order valence-corrected chi connectivity index (χ4v) is 2.93. The van der Waals surface area contributed by atoms with E-state index < -0.39 is 5.92 Å². The number of ether oxygens (including phenoxy) is 5. The van der Waals surface area contributed by atoms with Gasteiger partial charge in [-0.1, -0.05) is 24.3 Å². The monoisotopic (exact) mass is 416 g/mol. The second-order valence-corrected chi connectivity index (χ2v) is 6.41. The van der Waals surface area contributed by atoms with E-state index in [1.165, 1.54) is 0 Å². The molecule has 0 amide bonds. The zero-order valence-electron chi connectivity index (χ0n) is 18.1. The summed E-state index contributed by atoms with van der Waals surface area (Å²) in [5, 5.41) is 0. The van der Waals surface area contributed by atoms with Crippen molar-refractivity contribution < 1.29 is 28.5 Å². The first-order valence-corrected chi connectivity index (χ1v) is 10.5. The summed E-state index contributed by atoms with van der Waals surface area (Å²) in [5.74, 6) is 0.672. The van der Waals surface area contributed by atoms with Crippen molar-refractivity contribution in [1.29, 1.82) is 0 Å². The van der Waals surface area contributed by atoms with Crippen molar-refractivity contribution in [2.75, 3.05) is 46.2 Å². The zero-order valence-corrected chi connectivity index (χ0v) is 18.1. The predicted octanol–water partition coefficient (Wildman–Crippen LogP) is 4.21. The van der Waals surface area contributed by atoms with Crippen LogP contribution in [-0.2, 0) is 19.0 Å². The Morgan fingerprint density at radius 3 is 1.47 bits per heavy atom. The van der Waals surface area contributed by atoms with Gasteiger partial charge >= 0.3 is 5.97 Å². The van der Waals surface area contributed by atoms with Gasteiger partial charge in [-0.25, -0.2) is 0 Å². The molecule has 0 atom stereocenters. The third-order valence-electron chi connectivity index (χ3n) is 4.35. The van der Waals surface area contributed by atoms with E-state index in [0.717, 1.165) is 22.6 Å². The van der Waals surface area contributed by atoms with Crippen LogP contribution in [0, 0.1) is 0 Å². The van der Waals surface area contributed by atoms with Gasteiger partial charge in [-0.2, -0.15) is 0 Å². The third-order valence-corrected chi connectivity index (χ3v) is 4.35. The Kier molecular flexibility index (Phi) is 10.8. The van der Waals surface area contributed by atoms with E-state index >= 15 is 0 Å². The lowest BCUT2D eigenvalue weighted by atomic mass is 9.91. The summed E-state index contributed by atoms with van der Waals surface area (Å²) >= 11 is 0. The van der Waals surface area contributed by atoms with Crippen LogP contribution >= 0.6 is 0 Å². The summed E-state index contributed by atoms with van der Waals surface area (Å²) in [6.45, 7) is 9.42. The van der Waals surface area contributed by atoms with E-state index in [0.29, 0.717) is 46.2 Å². The fraction of sp³-hybridized carbons (Fsp3) is 0.458. The first kappa shape index (κ1) is 23.7. The Balaban J connectivity index is 2.09. The number of esters is 1. The van der Waals surface area contributed by atoms with E-state index in [9.17, 15) is 4.79 Å². The van der Waals surface area contributed by atoms with Gasteiger partial charge in [0.1, 0.15) is 30.6 Å². The maximum Gasteiger partial charge on any atom is 0.317 e. The van der Waals surface area contributed by atoms with E-state index in [1.807, 2.05) is 62.4 Å². The lowest BCUT2D eigenvalue weighted by Gasteiger charge is -2.18. The maximum atomic E-state index is 12.7. The number of benzene rings is 2. The van der Waals surface area contributed by atoms with Crippen molar-refractivity contribution in [3.63, 3.8) is 0 Å². The van der Waals surface area contributed by atoms with Gasteiger partial charge in [0.2, 0.25) is 0 Å². The van der Waals surface area contributed by atoms with E-state index in [2.05, 4.69) is 0 Å². The van der Waals surface area contributed by atoms with Crippen LogP contribution in [0.15, 0.2) is 48.5 Å². The highest BCUT2D eigenvalue weighted by molar-refractivity contribution is 5.82. The second kappa shape index (κ2) is 13.6. The highest BCUT2D eigenvalue weighted by atomic mass is 16.5. The third kappa shape index (κ3) is 7.69. The summed E-state index contributed by atoms with van der Waals surface area (Å²) in [7, 11) is 0. The topological polar surface area (TPSA) is 63.2 Å². The maximum absolute atomic E-state index is 12.7. The first-order valence-electron chi connectivity index (χ1n) is 10.5. The molecule has 0 heterocycles. The number of hydrogen-bond donors (Lipinski definition) is 0. The van der Waals surface area contributed by atoms with Crippen molar-refractivity contribution in [1.82, 2.24) is 0 Å². The molecule has 2 aromatic rings. The number of hydrogen-bond acceptors (Lipinski definition) is 6. The van der Waals surface area contributed by atoms with Gasteiger partial charge in [-0.15, -0.1) is 0 Å². The molecule has 0 bridgehead atoms. The van der Waals surface area contributed by atoms with Crippen molar-refractivity contribution in [2.24, 2.45) is 0 Å². The van der Waals surface area contributed by atoms with E-state index in [1.54, 1.807) is 6.92 Å². The molecule has 0 unspecified atom stereocenters. The molecule has 0 radical (unpaired) electrons. The summed E-state index contributed by atoms with van der Waals surface area (Å²) in [4.78, 5) is 12.7. The average Bonchev–Trinajstić information content (AvgIpc) is 2.77. The normalized spacial score (nSPS) is 10.8. The minimum atomic E-state index is -0.514. The molecule has 0 aliphatic heterocycles. The van der Waals surface area contributed by atoms with Crippen LogP contribution in [0.25, 0.3) is 0 Å². The van der Waals surface area contributed by atoms with Gasteiger partial charge in [0, 0.05) is 13.2 Å². The van der Waals surface area contributed by atoms with Gasteiger partial charge < -0.3 is 23.7 Å². The highest BCUT2D eigenvalue weighted by Gasteiger charge is 2.24. The molecule has 0 aliphatic carbocycles. The molecule has 30 heavy (non-hydrogen) atoms. The van der Waals surface area contributed by atoms with Gasteiger partial charge in [0.15, 0.2) is 0 Å². The molecule has 6 nitrogen and oxygen atoms in total. The van der Waals surface area contributed by atoms with Crippen LogP contribution in [0.3, 0.4) is 0 Å². The Morgan fingerprint density at radius 1 is 0.667 bits per heavy atom. The minimum Gasteiger partial charge on any atom is -0.491 e. The number of carbonyl (C=O) groups excluding carboxylic acids is 1. The van der Waals surface area contributed by atoms with Crippen molar-refractivity contribution in [3.8, 4) is 11.5 Å². The van der Waals surface area contributed by atoms with Crippen molar-refractivity contribution >= 4 is 5.97 Å². The van der Waals surface area contributed by atoms with Gasteiger partial charge in [-0.05, 0) is 56.2 Å². The van der Waals surface area contributed by atoms with Crippen LogP contribution < -0.4 is 9.47 Å². The van der Waals surface area contributed by atoms with Crippen LogP contribution in [0.1, 0.15) is 37.8 Å². The quantitative estimate of drug-likeness (QED) is 0.340. The second-order valence-electron chi connectivity index (χ2n) is 6.41. The number of rotatable bonds is 14. The van der Waals surface area contributed by atoms with Crippen LogP contribution in [-0.4, -0.2) is 52.2 Å². The Bertz CT molecular complexity index is 671. The predicted molar refractivity (Wildman–Crippen MR) is 115 cm³/mol. The van der Waals surface area contributed by atoms with Gasteiger partial charge in [0.05, 0.1) is 19.8 Å². The molecule has 0 aliphatic rings. The highest BCUT2D eigenvalue weighted by Crippen LogP contribution is 2.29. The van der Waals surface area contributed by atoms with E-state index in [-0.39, 0.29) is 5.97 Å². The van der Waals surface area contributed by atoms with Gasteiger partial charge in [0.25, 0.3) is 0 Å². The molecule has 2 aromatic carbocycles. The molecule has 0 fully saturated rings. The largest absolute Gasteiger partial charge is 0.491 e. The van der Waals surface area contributed by atoms with Gasteiger partial charge in [-0.3, -0.25) is 4.79 Å². The minimum absolute atomic E-state index is 0.285. The standard InChI is InChI=1S/C24H32O6/c1-4-26-15-17-29-21-11-7-19(8-12-21)23(24(25)28-6-3)20-9-13-22(14-10-20)30-18-16-27-5-2/h7-14,23H,4-6,15-18H2,1-3H3.